The molecule has 0 unspecified atom stereocenters. The highest BCUT2D eigenvalue weighted by molar-refractivity contribution is 7.13. The summed E-state index contributed by atoms with van der Waals surface area (Å²) in [5.74, 6) is 0. The van der Waals surface area contributed by atoms with E-state index in [1.54, 1.807) is 11.3 Å². The molecule has 1 aromatic heterocycles. The van der Waals surface area contributed by atoms with Crippen molar-refractivity contribution in [3.8, 4) is 0 Å². The molecule has 1 aromatic rings. The maximum absolute atomic E-state index is 3.96. The lowest BCUT2D eigenvalue weighted by Crippen LogP contribution is -1.97. The first kappa shape index (κ1) is 5.23. The van der Waals surface area contributed by atoms with Crippen LogP contribution in [0.4, 0.5) is 5.00 Å². The van der Waals surface area contributed by atoms with Crippen LogP contribution in [0.2, 0.25) is 0 Å². The standard InChI is InChI=1S/C6H8N2S/c1-2-5(1)8-6-3-7-4-9-6/h3-5,8H,1-2H2. The second kappa shape index (κ2) is 1.99. The van der Waals surface area contributed by atoms with Gasteiger partial charge in [-0.15, -0.1) is 11.3 Å². The summed E-state index contributed by atoms with van der Waals surface area (Å²) in [5.41, 5.74) is 1.85. The topological polar surface area (TPSA) is 24.9 Å². The molecule has 0 amide bonds. The van der Waals surface area contributed by atoms with Crippen molar-refractivity contribution in [3.05, 3.63) is 11.7 Å². The summed E-state index contributed by atoms with van der Waals surface area (Å²) in [6.07, 6.45) is 4.54. The maximum Gasteiger partial charge on any atom is 0.109 e. The largest absolute Gasteiger partial charge is 0.373 e. The zero-order valence-corrected chi connectivity index (χ0v) is 5.82. The second-order valence-corrected chi connectivity index (χ2v) is 3.17. The van der Waals surface area contributed by atoms with E-state index in [2.05, 4.69) is 10.3 Å². The Bertz CT molecular complexity index is 179. The third-order valence-electron chi connectivity index (χ3n) is 1.36. The molecular weight excluding hydrogens is 132 g/mol. The van der Waals surface area contributed by atoms with Crippen LogP contribution in [-0.4, -0.2) is 11.0 Å². The number of hydrogen-bond donors (Lipinski definition) is 1. The summed E-state index contributed by atoms with van der Waals surface area (Å²) in [7, 11) is 0. The average molecular weight is 140 g/mol. The van der Waals surface area contributed by atoms with Gasteiger partial charge in [-0.2, -0.15) is 0 Å². The molecule has 3 heteroatoms. The van der Waals surface area contributed by atoms with Gasteiger partial charge in [0.25, 0.3) is 0 Å². The normalized spacial score (nSPS) is 17.8. The van der Waals surface area contributed by atoms with Crippen LogP contribution in [0.5, 0.6) is 0 Å². The Hall–Kier alpha value is -0.570. The maximum atomic E-state index is 3.96. The fourth-order valence-electron chi connectivity index (χ4n) is 0.716. The third-order valence-corrected chi connectivity index (χ3v) is 2.06. The molecule has 1 N–H and O–H groups in total. The van der Waals surface area contributed by atoms with Crippen molar-refractivity contribution in [1.82, 2.24) is 4.98 Å². The minimum Gasteiger partial charge on any atom is -0.373 e. The monoisotopic (exact) mass is 140 g/mol. The summed E-state index contributed by atoms with van der Waals surface area (Å²) in [6, 6.07) is 0.755. The molecular formula is C6H8N2S. The van der Waals surface area contributed by atoms with E-state index in [1.165, 1.54) is 17.8 Å². The van der Waals surface area contributed by atoms with Crippen molar-refractivity contribution in [3.63, 3.8) is 0 Å². The first-order valence-electron chi connectivity index (χ1n) is 3.10. The van der Waals surface area contributed by atoms with Crippen LogP contribution in [0.15, 0.2) is 11.7 Å². The molecule has 2 rings (SSSR count). The van der Waals surface area contributed by atoms with E-state index in [4.69, 9.17) is 0 Å². The molecule has 1 aliphatic rings. The molecule has 0 radical (unpaired) electrons. The van der Waals surface area contributed by atoms with Crippen LogP contribution in [0.1, 0.15) is 12.8 Å². The SMILES string of the molecule is c1ncc(NC2CC2)s1. The summed E-state index contributed by atoms with van der Waals surface area (Å²) in [5, 5.41) is 4.56. The van der Waals surface area contributed by atoms with Crippen LogP contribution in [0, 0.1) is 0 Å². The molecule has 0 saturated heterocycles. The van der Waals surface area contributed by atoms with Gasteiger partial charge in [-0.05, 0) is 12.8 Å². The number of nitrogens with zero attached hydrogens (tertiary/aromatic N) is 1. The van der Waals surface area contributed by atoms with E-state index in [0.717, 1.165) is 6.04 Å². The highest BCUT2D eigenvalue weighted by Crippen LogP contribution is 2.25. The fourth-order valence-corrected chi connectivity index (χ4v) is 1.31. The van der Waals surface area contributed by atoms with Gasteiger partial charge in [0.2, 0.25) is 0 Å². The molecule has 0 aromatic carbocycles. The van der Waals surface area contributed by atoms with Crippen LogP contribution in [-0.2, 0) is 0 Å². The number of nitrogens with one attached hydrogen (secondary N) is 1. The zero-order chi connectivity index (χ0) is 6.10. The molecule has 1 saturated carbocycles. The predicted octanol–water partition coefficient (Wildman–Crippen LogP) is 1.72. The highest BCUT2D eigenvalue weighted by Gasteiger charge is 2.20. The van der Waals surface area contributed by atoms with E-state index >= 15 is 0 Å². The molecule has 2 nitrogen and oxygen atoms in total. The number of thiazole rings is 1. The molecule has 0 spiro atoms. The molecule has 0 atom stereocenters. The third kappa shape index (κ3) is 1.21. The lowest BCUT2D eigenvalue weighted by Gasteiger charge is -1.94. The van der Waals surface area contributed by atoms with Gasteiger partial charge in [-0.3, -0.25) is 4.98 Å². The van der Waals surface area contributed by atoms with Gasteiger partial charge in [-0.25, -0.2) is 0 Å². The highest BCUT2D eigenvalue weighted by atomic mass is 32.1. The molecule has 48 valence electrons. The number of aromatic nitrogens is 1. The Kier molecular flexibility index (Phi) is 1.16. The first-order chi connectivity index (χ1) is 4.45. The molecule has 0 bridgehead atoms. The minimum absolute atomic E-state index is 0.755. The van der Waals surface area contributed by atoms with Crippen molar-refractivity contribution in [2.45, 2.75) is 18.9 Å². The molecule has 0 aliphatic heterocycles. The molecule has 9 heavy (non-hydrogen) atoms. The van der Waals surface area contributed by atoms with Crippen LogP contribution < -0.4 is 5.32 Å². The van der Waals surface area contributed by atoms with E-state index in [0.29, 0.717) is 0 Å². The number of anilines is 1. The number of rotatable bonds is 2. The lowest BCUT2D eigenvalue weighted by molar-refractivity contribution is 1.16. The van der Waals surface area contributed by atoms with Crippen LogP contribution in [0.25, 0.3) is 0 Å². The van der Waals surface area contributed by atoms with Crippen molar-refractivity contribution in [2.24, 2.45) is 0 Å². The molecule has 1 heterocycles. The first-order valence-corrected chi connectivity index (χ1v) is 3.98. The Morgan fingerprint density at radius 1 is 1.67 bits per heavy atom. The zero-order valence-electron chi connectivity index (χ0n) is 5.00. The predicted molar refractivity (Wildman–Crippen MR) is 38.8 cm³/mol. The fraction of sp³-hybridized carbons (Fsp3) is 0.500. The van der Waals surface area contributed by atoms with Crippen molar-refractivity contribution >= 4 is 16.3 Å². The second-order valence-electron chi connectivity index (χ2n) is 2.28. The molecule has 1 aliphatic carbocycles. The van der Waals surface area contributed by atoms with Crippen molar-refractivity contribution < 1.29 is 0 Å². The van der Waals surface area contributed by atoms with Gasteiger partial charge in [0.1, 0.15) is 5.00 Å². The van der Waals surface area contributed by atoms with Gasteiger partial charge in [-0.1, -0.05) is 0 Å². The Morgan fingerprint density at radius 3 is 3.11 bits per heavy atom. The quantitative estimate of drug-likeness (QED) is 0.676. The van der Waals surface area contributed by atoms with Crippen molar-refractivity contribution in [1.29, 1.82) is 0 Å². The molecule has 1 fully saturated rings. The van der Waals surface area contributed by atoms with Gasteiger partial charge in [0, 0.05) is 6.04 Å². The summed E-state index contributed by atoms with van der Waals surface area (Å²) >= 11 is 1.67. The lowest BCUT2D eigenvalue weighted by atomic mass is 10.7. The Labute approximate surface area is 57.9 Å². The summed E-state index contributed by atoms with van der Waals surface area (Å²) in [4.78, 5) is 3.96. The van der Waals surface area contributed by atoms with Gasteiger partial charge in [0.15, 0.2) is 0 Å². The van der Waals surface area contributed by atoms with Gasteiger partial charge in [0.05, 0.1) is 11.7 Å². The summed E-state index contributed by atoms with van der Waals surface area (Å²) < 4.78 is 0. The minimum atomic E-state index is 0.755. The number of hydrogen-bond acceptors (Lipinski definition) is 3. The van der Waals surface area contributed by atoms with Crippen LogP contribution >= 0.6 is 11.3 Å². The van der Waals surface area contributed by atoms with E-state index in [1.807, 2.05) is 11.7 Å². The van der Waals surface area contributed by atoms with E-state index < -0.39 is 0 Å². The van der Waals surface area contributed by atoms with E-state index in [9.17, 15) is 0 Å². The average Bonchev–Trinajstić information content (AvgIpc) is 2.46. The smallest absolute Gasteiger partial charge is 0.109 e. The van der Waals surface area contributed by atoms with Crippen molar-refractivity contribution in [2.75, 3.05) is 5.32 Å². The van der Waals surface area contributed by atoms with Crippen LogP contribution in [0.3, 0.4) is 0 Å². The van der Waals surface area contributed by atoms with Gasteiger partial charge < -0.3 is 5.32 Å². The van der Waals surface area contributed by atoms with Gasteiger partial charge >= 0.3 is 0 Å². The Morgan fingerprint density at radius 2 is 2.56 bits per heavy atom. The Balaban J connectivity index is 1.99. The summed E-state index contributed by atoms with van der Waals surface area (Å²) in [6.45, 7) is 0. The van der Waals surface area contributed by atoms with E-state index in [-0.39, 0.29) is 0 Å².